The molecule has 0 amide bonds. The number of rotatable bonds is 5. The van der Waals surface area contributed by atoms with E-state index in [9.17, 15) is 23.3 Å². The number of nitrogens with zero attached hydrogens (tertiary/aromatic N) is 4. The number of fused-ring (bicyclic) bond motifs is 1. The Bertz CT molecular complexity index is 1400. The van der Waals surface area contributed by atoms with E-state index in [1.165, 1.54) is 6.07 Å². The number of alkyl halides is 3. The molecule has 0 bridgehead atoms. The van der Waals surface area contributed by atoms with Gasteiger partial charge in [0.2, 0.25) is 5.16 Å². The van der Waals surface area contributed by atoms with Gasteiger partial charge in [0.25, 0.3) is 5.69 Å². The van der Waals surface area contributed by atoms with Gasteiger partial charge in [-0.15, -0.1) is 10.2 Å². The molecule has 3 aromatic carbocycles. The molecular formula is C23H15F3N4O4S. The molecule has 0 radical (unpaired) electrons. The summed E-state index contributed by atoms with van der Waals surface area (Å²) in [5.41, 5.74) is -1.69. The predicted molar refractivity (Wildman–Crippen MR) is 119 cm³/mol. The van der Waals surface area contributed by atoms with E-state index >= 15 is 0 Å². The van der Waals surface area contributed by atoms with Crippen molar-refractivity contribution >= 4 is 17.4 Å². The van der Waals surface area contributed by atoms with Gasteiger partial charge >= 0.3 is 6.18 Å². The standard InChI is InChI=1S/C23H15F3N4O4S/c24-23(25,26)16-12-15(10-11-17(16)30(31)32)35-22-28-27-21(29(22)14-6-2-1-3-7-14)20-13-33-18-8-4-5-9-19(18)34-20/h1-12,20H,13H2/t20-/m0/s1. The molecule has 0 unspecified atom stereocenters. The normalized spacial score (nSPS) is 15.1. The second-order valence-corrected chi connectivity index (χ2v) is 8.45. The van der Waals surface area contributed by atoms with Gasteiger partial charge in [-0.05, 0) is 48.2 Å². The molecule has 12 heteroatoms. The average Bonchev–Trinajstić information content (AvgIpc) is 3.27. The van der Waals surface area contributed by atoms with Crippen molar-refractivity contribution in [3.8, 4) is 17.2 Å². The Morgan fingerprint density at radius 2 is 1.71 bits per heavy atom. The van der Waals surface area contributed by atoms with E-state index in [1.807, 2.05) is 12.1 Å². The second kappa shape index (κ2) is 8.95. The smallest absolute Gasteiger partial charge is 0.423 e. The van der Waals surface area contributed by atoms with E-state index in [4.69, 9.17) is 9.47 Å². The molecule has 2 heterocycles. The first kappa shape index (κ1) is 22.7. The van der Waals surface area contributed by atoms with Gasteiger partial charge in [0.05, 0.1) is 4.92 Å². The Morgan fingerprint density at radius 1 is 1.00 bits per heavy atom. The predicted octanol–water partition coefficient (Wildman–Crippen LogP) is 5.86. The summed E-state index contributed by atoms with van der Waals surface area (Å²) in [7, 11) is 0. The molecule has 1 aliphatic rings. The van der Waals surface area contributed by atoms with E-state index in [0.717, 1.165) is 23.9 Å². The number of para-hydroxylation sites is 3. The molecular weight excluding hydrogens is 485 g/mol. The van der Waals surface area contributed by atoms with Gasteiger partial charge in [0.15, 0.2) is 23.4 Å². The number of nitro groups is 1. The highest BCUT2D eigenvalue weighted by Gasteiger charge is 2.38. The summed E-state index contributed by atoms with van der Waals surface area (Å²) in [6.07, 6.45) is -5.52. The van der Waals surface area contributed by atoms with E-state index < -0.39 is 28.5 Å². The van der Waals surface area contributed by atoms with E-state index in [1.54, 1.807) is 47.0 Å². The lowest BCUT2D eigenvalue weighted by Gasteiger charge is -2.26. The van der Waals surface area contributed by atoms with Crippen LogP contribution in [0.5, 0.6) is 11.5 Å². The van der Waals surface area contributed by atoms with Crippen molar-refractivity contribution in [3.05, 3.63) is 94.3 Å². The van der Waals surface area contributed by atoms with Gasteiger partial charge in [-0.3, -0.25) is 14.7 Å². The number of hydrogen-bond donors (Lipinski definition) is 0. The Labute approximate surface area is 200 Å². The van der Waals surface area contributed by atoms with Crippen LogP contribution in [0.3, 0.4) is 0 Å². The van der Waals surface area contributed by atoms with Crippen LogP contribution in [0.4, 0.5) is 18.9 Å². The number of benzene rings is 3. The van der Waals surface area contributed by atoms with Gasteiger partial charge in [0.1, 0.15) is 12.2 Å². The maximum atomic E-state index is 13.5. The minimum Gasteiger partial charge on any atom is -0.485 e. The quantitative estimate of drug-likeness (QED) is 0.250. The first-order chi connectivity index (χ1) is 16.8. The minimum absolute atomic E-state index is 0.116. The van der Waals surface area contributed by atoms with Crippen LogP contribution >= 0.6 is 11.8 Å². The molecule has 178 valence electrons. The second-order valence-electron chi connectivity index (χ2n) is 7.41. The van der Waals surface area contributed by atoms with Crippen molar-refractivity contribution in [2.75, 3.05) is 6.61 Å². The van der Waals surface area contributed by atoms with E-state index in [0.29, 0.717) is 23.0 Å². The number of hydrogen-bond acceptors (Lipinski definition) is 7. The van der Waals surface area contributed by atoms with Crippen molar-refractivity contribution in [2.24, 2.45) is 0 Å². The highest BCUT2D eigenvalue weighted by atomic mass is 32.2. The summed E-state index contributed by atoms with van der Waals surface area (Å²) in [5, 5.41) is 19.8. The first-order valence-corrected chi connectivity index (χ1v) is 11.1. The molecule has 1 atom stereocenters. The Hall–Kier alpha value is -4.06. The number of ether oxygens (including phenoxy) is 2. The summed E-state index contributed by atoms with van der Waals surface area (Å²) in [5.74, 6) is 1.52. The summed E-state index contributed by atoms with van der Waals surface area (Å²) >= 11 is 0.901. The van der Waals surface area contributed by atoms with Crippen LogP contribution in [0.1, 0.15) is 17.5 Å². The molecule has 0 N–H and O–H groups in total. The molecule has 0 aliphatic carbocycles. The molecule has 0 saturated carbocycles. The summed E-state index contributed by atoms with van der Waals surface area (Å²) in [6, 6.07) is 19.0. The lowest BCUT2D eigenvalue weighted by atomic mass is 10.2. The van der Waals surface area contributed by atoms with Gasteiger partial charge in [-0.25, -0.2) is 0 Å². The van der Waals surface area contributed by atoms with E-state index in [-0.39, 0.29) is 16.7 Å². The lowest BCUT2D eigenvalue weighted by molar-refractivity contribution is -0.388. The molecule has 1 aromatic heterocycles. The summed E-state index contributed by atoms with van der Waals surface area (Å²) < 4.78 is 53.9. The first-order valence-electron chi connectivity index (χ1n) is 10.2. The van der Waals surface area contributed by atoms with Crippen LogP contribution in [-0.4, -0.2) is 26.3 Å². The zero-order chi connectivity index (χ0) is 24.6. The van der Waals surface area contributed by atoms with Crippen LogP contribution in [-0.2, 0) is 6.18 Å². The molecule has 5 rings (SSSR count). The zero-order valence-electron chi connectivity index (χ0n) is 17.7. The molecule has 4 aromatic rings. The van der Waals surface area contributed by atoms with Gasteiger partial charge in [0, 0.05) is 16.6 Å². The van der Waals surface area contributed by atoms with Crippen LogP contribution in [0.2, 0.25) is 0 Å². The third-order valence-corrected chi connectivity index (χ3v) is 6.09. The minimum atomic E-state index is -4.89. The Kier molecular flexibility index (Phi) is 5.81. The molecule has 0 spiro atoms. The zero-order valence-corrected chi connectivity index (χ0v) is 18.5. The Balaban J connectivity index is 1.55. The van der Waals surface area contributed by atoms with E-state index in [2.05, 4.69) is 10.2 Å². The van der Waals surface area contributed by atoms with Crippen LogP contribution < -0.4 is 9.47 Å². The van der Waals surface area contributed by atoms with Crippen LogP contribution in [0.15, 0.2) is 82.8 Å². The summed E-state index contributed by atoms with van der Waals surface area (Å²) in [4.78, 5) is 10.2. The van der Waals surface area contributed by atoms with Crippen molar-refractivity contribution in [1.82, 2.24) is 14.8 Å². The SMILES string of the molecule is O=[N+]([O-])c1ccc(Sc2nnc([C@@H]3COc4ccccc4O3)n2-c2ccccc2)cc1C(F)(F)F. The molecule has 1 aliphatic heterocycles. The van der Waals surface area contributed by atoms with Crippen molar-refractivity contribution in [3.63, 3.8) is 0 Å². The highest BCUT2D eigenvalue weighted by Crippen LogP contribution is 2.41. The van der Waals surface area contributed by atoms with Gasteiger partial charge < -0.3 is 9.47 Å². The van der Waals surface area contributed by atoms with Crippen LogP contribution in [0.25, 0.3) is 5.69 Å². The molecule has 8 nitrogen and oxygen atoms in total. The maximum absolute atomic E-state index is 13.5. The number of aromatic nitrogens is 3. The highest BCUT2D eigenvalue weighted by molar-refractivity contribution is 7.99. The molecule has 0 saturated heterocycles. The van der Waals surface area contributed by atoms with Crippen LogP contribution in [0, 0.1) is 10.1 Å². The summed E-state index contributed by atoms with van der Waals surface area (Å²) in [6.45, 7) is 0.155. The molecule has 0 fully saturated rings. The monoisotopic (exact) mass is 500 g/mol. The third-order valence-electron chi connectivity index (χ3n) is 5.15. The van der Waals surface area contributed by atoms with Gasteiger partial charge in [-0.1, -0.05) is 30.3 Å². The number of halogens is 3. The average molecular weight is 500 g/mol. The van der Waals surface area contributed by atoms with Crippen molar-refractivity contribution in [2.45, 2.75) is 22.3 Å². The topological polar surface area (TPSA) is 92.3 Å². The van der Waals surface area contributed by atoms with Gasteiger partial charge in [-0.2, -0.15) is 13.2 Å². The third kappa shape index (κ3) is 4.52. The lowest BCUT2D eigenvalue weighted by Crippen LogP contribution is -2.24. The Morgan fingerprint density at radius 3 is 2.43 bits per heavy atom. The maximum Gasteiger partial charge on any atom is 0.423 e. The van der Waals surface area contributed by atoms with Crippen molar-refractivity contribution < 1.29 is 27.6 Å². The van der Waals surface area contributed by atoms with Crippen molar-refractivity contribution in [1.29, 1.82) is 0 Å². The number of nitro benzene ring substituents is 1. The molecule has 35 heavy (non-hydrogen) atoms. The fourth-order valence-electron chi connectivity index (χ4n) is 3.59. The fourth-order valence-corrected chi connectivity index (χ4v) is 4.49. The largest absolute Gasteiger partial charge is 0.485 e. The fraction of sp³-hybridized carbons (Fsp3) is 0.130.